The molecule has 3 heterocycles. The maximum atomic E-state index is 11.1. The Balaban J connectivity index is 1.74. The third-order valence-electron chi connectivity index (χ3n) is 3.84. The Hall–Kier alpha value is -0.650. The molecule has 2 unspecified atom stereocenters. The Bertz CT molecular complexity index is 413. The van der Waals surface area contributed by atoms with Crippen LogP contribution < -0.4 is 10.6 Å². The summed E-state index contributed by atoms with van der Waals surface area (Å²) in [5.41, 5.74) is 7.09. The van der Waals surface area contributed by atoms with Crippen LogP contribution in [0.2, 0.25) is 0 Å². The molecule has 3 rings (SSSR count). The van der Waals surface area contributed by atoms with Crippen LogP contribution in [0, 0.1) is 0 Å². The Labute approximate surface area is 98.5 Å². The lowest BCUT2D eigenvalue weighted by molar-refractivity contribution is 0.118. The predicted molar refractivity (Wildman–Crippen MR) is 64.5 cm³/mol. The fourth-order valence-corrected chi connectivity index (χ4v) is 3.74. The van der Waals surface area contributed by atoms with E-state index in [4.69, 9.17) is 5.73 Å². The molecule has 2 atom stereocenters. The Kier molecular flexibility index (Phi) is 2.61. The van der Waals surface area contributed by atoms with E-state index in [1.165, 1.54) is 24.2 Å². The summed E-state index contributed by atoms with van der Waals surface area (Å²) in [6.45, 7) is 0.890. The molecular weight excluding hydrogens is 222 g/mol. The highest BCUT2D eigenvalue weighted by Crippen LogP contribution is 2.35. The molecule has 2 bridgehead atoms. The lowest BCUT2D eigenvalue weighted by atomic mass is 9.98. The summed E-state index contributed by atoms with van der Waals surface area (Å²) in [4.78, 5) is 16.6. The van der Waals surface area contributed by atoms with E-state index in [2.05, 4.69) is 9.88 Å². The molecule has 5 heteroatoms. The summed E-state index contributed by atoms with van der Waals surface area (Å²) in [5, 5.41) is 1.94. The molecule has 4 nitrogen and oxygen atoms in total. The first kappa shape index (κ1) is 10.5. The van der Waals surface area contributed by atoms with Gasteiger partial charge in [0.25, 0.3) is 0 Å². The van der Waals surface area contributed by atoms with Crippen molar-refractivity contribution >= 4 is 11.3 Å². The third-order valence-corrected chi connectivity index (χ3v) is 4.56. The van der Waals surface area contributed by atoms with Gasteiger partial charge in [-0.2, -0.15) is 0 Å². The van der Waals surface area contributed by atoms with E-state index in [0.29, 0.717) is 18.1 Å². The van der Waals surface area contributed by atoms with Crippen molar-refractivity contribution in [2.45, 2.75) is 50.4 Å². The predicted octanol–water partition coefficient (Wildman–Crippen LogP) is 0.890. The Morgan fingerprint density at radius 3 is 2.69 bits per heavy atom. The number of piperidine rings is 1. The zero-order chi connectivity index (χ0) is 11.1. The lowest BCUT2D eigenvalue weighted by Gasteiger charge is -2.37. The summed E-state index contributed by atoms with van der Waals surface area (Å²) in [5.74, 6) is 0. The van der Waals surface area contributed by atoms with E-state index in [-0.39, 0.29) is 4.87 Å². The topological polar surface area (TPSA) is 62.1 Å². The van der Waals surface area contributed by atoms with E-state index in [9.17, 15) is 4.79 Å². The molecule has 0 spiro atoms. The molecule has 2 fully saturated rings. The van der Waals surface area contributed by atoms with Gasteiger partial charge in [-0.25, -0.2) is 0 Å². The van der Waals surface area contributed by atoms with Gasteiger partial charge in [-0.15, -0.1) is 0 Å². The summed E-state index contributed by atoms with van der Waals surface area (Å²) in [7, 11) is 0. The van der Waals surface area contributed by atoms with Gasteiger partial charge in [-0.05, 0) is 25.7 Å². The standard InChI is InChI=1S/C11H17N3OS/c12-7-3-9-1-2-10(4-7)14(9)5-8-6-16-11(15)13-8/h6-7,9-10H,1-5,12H2,(H,13,15). The molecule has 1 aromatic heterocycles. The van der Waals surface area contributed by atoms with Crippen molar-refractivity contribution in [3.63, 3.8) is 0 Å². The zero-order valence-corrected chi connectivity index (χ0v) is 10.0. The minimum Gasteiger partial charge on any atom is -0.328 e. The van der Waals surface area contributed by atoms with Crippen LogP contribution in [0.5, 0.6) is 0 Å². The number of hydrogen-bond acceptors (Lipinski definition) is 4. The van der Waals surface area contributed by atoms with Crippen molar-refractivity contribution in [2.24, 2.45) is 5.73 Å². The minimum absolute atomic E-state index is 0.0519. The van der Waals surface area contributed by atoms with Crippen molar-refractivity contribution in [3.05, 3.63) is 20.7 Å². The van der Waals surface area contributed by atoms with Crippen molar-refractivity contribution in [1.82, 2.24) is 9.88 Å². The normalized spacial score (nSPS) is 34.4. The zero-order valence-electron chi connectivity index (χ0n) is 9.19. The number of nitrogens with two attached hydrogens (primary N) is 1. The van der Waals surface area contributed by atoms with Crippen molar-refractivity contribution in [2.75, 3.05) is 0 Å². The monoisotopic (exact) mass is 239 g/mol. The van der Waals surface area contributed by atoms with E-state index >= 15 is 0 Å². The van der Waals surface area contributed by atoms with Gasteiger partial charge < -0.3 is 10.7 Å². The van der Waals surface area contributed by atoms with Crippen LogP contribution in [-0.2, 0) is 6.54 Å². The number of aromatic amines is 1. The maximum Gasteiger partial charge on any atom is 0.304 e. The van der Waals surface area contributed by atoms with E-state index in [0.717, 1.165) is 25.1 Å². The summed E-state index contributed by atoms with van der Waals surface area (Å²) in [6.07, 6.45) is 4.77. The Morgan fingerprint density at radius 1 is 1.44 bits per heavy atom. The van der Waals surface area contributed by atoms with Crippen LogP contribution in [-0.4, -0.2) is 28.0 Å². The molecular formula is C11H17N3OS. The second-order valence-electron chi connectivity index (χ2n) is 4.96. The van der Waals surface area contributed by atoms with Crippen molar-refractivity contribution < 1.29 is 0 Å². The van der Waals surface area contributed by atoms with Crippen LogP contribution in [0.4, 0.5) is 0 Å². The molecule has 0 aromatic carbocycles. The van der Waals surface area contributed by atoms with Gasteiger partial charge >= 0.3 is 4.87 Å². The highest BCUT2D eigenvalue weighted by atomic mass is 32.1. The average molecular weight is 239 g/mol. The van der Waals surface area contributed by atoms with Crippen LogP contribution in [0.25, 0.3) is 0 Å². The van der Waals surface area contributed by atoms with Gasteiger partial charge in [0.05, 0.1) is 0 Å². The first-order chi connectivity index (χ1) is 7.72. The summed E-state index contributed by atoms with van der Waals surface area (Å²) < 4.78 is 0. The molecule has 0 saturated carbocycles. The molecule has 2 aliphatic rings. The largest absolute Gasteiger partial charge is 0.328 e. The minimum atomic E-state index is 0.0519. The van der Waals surface area contributed by atoms with Gasteiger partial charge in [-0.3, -0.25) is 9.69 Å². The van der Waals surface area contributed by atoms with Crippen LogP contribution in [0.1, 0.15) is 31.4 Å². The molecule has 0 amide bonds. The van der Waals surface area contributed by atoms with Gasteiger partial charge in [-0.1, -0.05) is 11.3 Å². The average Bonchev–Trinajstić information content (AvgIpc) is 2.72. The number of aromatic nitrogens is 1. The van der Waals surface area contributed by atoms with E-state index in [1.807, 2.05) is 5.38 Å². The number of rotatable bonds is 2. The smallest absolute Gasteiger partial charge is 0.304 e. The quantitative estimate of drug-likeness (QED) is 0.805. The molecule has 2 saturated heterocycles. The van der Waals surface area contributed by atoms with Gasteiger partial charge in [0, 0.05) is 35.7 Å². The second-order valence-corrected chi connectivity index (χ2v) is 5.80. The molecule has 2 aliphatic heterocycles. The van der Waals surface area contributed by atoms with E-state index in [1.54, 1.807) is 0 Å². The molecule has 0 radical (unpaired) electrons. The fourth-order valence-electron chi connectivity index (χ4n) is 3.16. The number of hydrogen-bond donors (Lipinski definition) is 2. The van der Waals surface area contributed by atoms with Crippen LogP contribution >= 0.6 is 11.3 Å². The van der Waals surface area contributed by atoms with Gasteiger partial charge in [0.15, 0.2) is 0 Å². The van der Waals surface area contributed by atoms with Crippen molar-refractivity contribution in [1.29, 1.82) is 0 Å². The van der Waals surface area contributed by atoms with E-state index < -0.39 is 0 Å². The van der Waals surface area contributed by atoms with Crippen LogP contribution in [0.3, 0.4) is 0 Å². The lowest BCUT2D eigenvalue weighted by Crippen LogP contribution is -2.46. The SMILES string of the molecule is NC1CC2CCC(C1)N2Cc1csc(=O)[nH]1. The number of nitrogens with zero attached hydrogens (tertiary/aromatic N) is 1. The second kappa shape index (κ2) is 3.98. The summed E-state index contributed by atoms with van der Waals surface area (Å²) >= 11 is 1.25. The van der Waals surface area contributed by atoms with Crippen LogP contribution in [0.15, 0.2) is 10.2 Å². The summed E-state index contributed by atoms with van der Waals surface area (Å²) in [6, 6.07) is 1.66. The fraction of sp³-hybridized carbons (Fsp3) is 0.727. The van der Waals surface area contributed by atoms with Gasteiger partial charge in [0.1, 0.15) is 0 Å². The Morgan fingerprint density at radius 2 is 2.12 bits per heavy atom. The number of nitrogens with one attached hydrogen (secondary N) is 1. The molecule has 88 valence electrons. The molecule has 0 aliphatic carbocycles. The highest BCUT2D eigenvalue weighted by molar-refractivity contribution is 7.07. The first-order valence-corrected chi connectivity index (χ1v) is 6.78. The molecule has 16 heavy (non-hydrogen) atoms. The maximum absolute atomic E-state index is 11.1. The number of thiazole rings is 1. The molecule has 3 N–H and O–H groups in total. The number of H-pyrrole nitrogens is 1. The number of fused-ring (bicyclic) bond motifs is 2. The highest BCUT2D eigenvalue weighted by Gasteiger charge is 2.39. The molecule has 1 aromatic rings. The van der Waals surface area contributed by atoms with Gasteiger partial charge in [0.2, 0.25) is 0 Å². The first-order valence-electron chi connectivity index (χ1n) is 5.90. The third kappa shape index (κ3) is 1.83. The van der Waals surface area contributed by atoms with Crippen molar-refractivity contribution in [3.8, 4) is 0 Å².